The largest absolute Gasteiger partial charge is 0.274 e. The maximum Gasteiger partial charge on any atom is 0.239 e. The van der Waals surface area contributed by atoms with Crippen molar-refractivity contribution in [2.24, 2.45) is 16.8 Å². The number of anilines is 1. The van der Waals surface area contributed by atoms with Gasteiger partial charge >= 0.3 is 0 Å². The van der Waals surface area contributed by atoms with E-state index in [4.69, 9.17) is 4.99 Å². The zero-order valence-corrected chi connectivity index (χ0v) is 18.9. The smallest absolute Gasteiger partial charge is 0.239 e. The Morgan fingerprint density at radius 1 is 0.788 bits per heavy atom. The molecule has 2 heterocycles. The first-order valence-corrected chi connectivity index (χ1v) is 12.0. The number of hydrogen-bond acceptors (Lipinski definition) is 4. The first kappa shape index (κ1) is 20.2. The quantitative estimate of drug-likeness (QED) is 0.506. The summed E-state index contributed by atoms with van der Waals surface area (Å²) in [6.45, 7) is 2.05. The van der Waals surface area contributed by atoms with Gasteiger partial charge in [0.05, 0.1) is 28.5 Å². The molecule has 1 saturated heterocycles. The topological polar surface area (TPSA) is 49.7 Å². The summed E-state index contributed by atoms with van der Waals surface area (Å²) in [6, 6.07) is 27.6. The number of imide groups is 1. The molecule has 3 aromatic carbocycles. The third-order valence-electron chi connectivity index (χ3n) is 6.72. The van der Waals surface area contributed by atoms with Gasteiger partial charge in [0.2, 0.25) is 11.8 Å². The normalized spacial score (nSPS) is 26.0. The van der Waals surface area contributed by atoms with Crippen LogP contribution in [0.3, 0.4) is 0 Å². The Kier molecular flexibility index (Phi) is 4.80. The lowest BCUT2D eigenvalue weighted by Crippen LogP contribution is -2.36. The Balaban J connectivity index is 1.47. The van der Waals surface area contributed by atoms with Crippen LogP contribution >= 0.6 is 11.8 Å². The lowest BCUT2D eigenvalue weighted by molar-refractivity contribution is -0.122. The summed E-state index contributed by atoms with van der Waals surface area (Å²) in [5.41, 5.74) is 4.79. The van der Waals surface area contributed by atoms with Crippen LogP contribution in [0.15, 0.2) is 102 Å². The van der Waals surface area contributed by atoms with Crippen molar-refractivity contribution in [1.82, 2.24) is 0 Å². The Morgan fingerprint density at radius 2 is 1.42 bits per heavy atom. The van der Waals surface area contributed by atoms with E-state index in [0.29, 0.717) is 5.69 Å². The van der Waals surface area contributed by atoms with E-state index in [1.54, 1.807) is 11.8 Å². The summed E-state index contributed by atoms with van der Waals surface area (Å²) in [7, 11) is 0. The number of carbonyl (C=O) groups excluding carboxylic acids is 2. The predicted molar refractivity (Wildman–Crippen MR) is 132 cm³/mol. The molecule has 1 fully saturated rings. The second-order valence-corrected chi connectivity index (χ2v) is 9.88. The zero-order valence-electron chi connectivity index (χ0n) is 18.1. The summed E-state index contributed by atoms with van der Waals surface area (Å²) >= 11 is 1.61. The Hall–Kier alpha value is -3.44. The van der Waals surface area contributed by atoms with Gasteiger partial charge in [-0.15, -0.1) is 0 Å². The van der Waals surface area contributed by atoms with Gasteiger partial charge in [-0.25, -0.2) is 9.89 Å². The highest BCUT2D eigenvalue weighted by Gasteiger charge is 2.58. The number of fused-ring (bicyclic) bond motifs is 3. The molecule has 0 saturated carbocycles. The molecule has 5 heteroatoms. The van der Waals surface area contributed by atoms with Gasteiger partial charge in [-0.2, -0.15) is 0 Å². The maximum absolute atomic E-state index is 13.8. The highest BCUT2D eigenvalue weighted by atomic mass is 32.2. The number of amides is 2. The molecule has 0 bridgehead atoms. The first-order chi connectivity index (χ1) is 16.1. The average molecular weight is 451 g/mol. The van der Waals surface area contributed by atoms with E-state index in [9.17, 15) is 9.59 Å². The molecular weight excluding hydrogens is 428 g/mol. The molecule has 0 spiro atoms. The fourth-order valence-electron chi connectivity index (χ4n) is 5.11. The van der Waals surface area contributed by atoms with Gasteiger partial charge in [0.15, 0.2) is 0 Å². The average Bonchev–Trinajstić information content (AvgIpc) is 3.39. The number of benzene rings is 3. The molecule has 0 N–H and O–H groups in total. The highest BCUT2D eigenvalue weighted by molar-refractivity contribution is 8.15. The van der Waals surface area contributed by atoms with Crippen molar-refractivity contribution >= 4 is 34.3 Å². The molecule has 3 aliphatic rings. The molecule has 4 nitrogen and oxygen atoms in total. The van der Waals surface area contributed by atoms with E-state index in [-0.39, 0.29) is 23.0 Å². The van der Waals surface area contributed by atoms with Crippen LogP contribution in [0.5, 0.6) is 0 Å². The fourth-order valence-corrected chi connectivity index (χ4v) is 6.47. The van der Waals surface area contributed by atoms with Crippen molar-refractivity contribution in [3.05, 3.63) is 113 Å². The van der Waals surface area contributed by atoms with Crippen LogP contribution in [0, 0.1) is 18.8 Å². The van der Waals surface area contributed by atoms with Crippen molar-refractivity contribution < 1.29 is 9.59 Å². The molecular formula is C28H22N2O2S. The van der Waals surface area contributed by atoms with Gasteiger partial charge in [0, 0.05) is 11.5 Å². The number of para-hydroxylation sites is 1. The third-order valence-corrected chi connectivity index (χ3v) is 8.06. The summed E-state index contributed by atoms with van der Waals surface area (Å²) in [6.07, 6.45) is 2.12. The number of aryl methyl sites for hydroxylation is 1. The van der Waals surface area contributed by atoms with Crippen LogP contribution in [0.25, 0.3) is 0 Å². The molecule has 2 aliphatic heterocycles. The zero-order chi connectivity index (χ0) is 22.5. The molecule has 0 unspecified atom stereocenters. The van der Waals surface area contributed by atoms with Crippen molar-refractivity contribution in [1.29, 1.82) is 0 Å². The second kappa shape index (κ2) is 7.85. The standard InChI is InChI=1S/C28H22N2O2S/c1-17-12-14-18(15-13-17)21-16-22-25(33-26(29-22)19-8-4-2-5-9-19)24-23(21)27(31)30(28(24)32)20-10-6-3-7-11-20/h2-16,21,23-25H,1H3/t21-,23+,24+,25-/m1/s1. The van der Waals surface area contributed by atoms with Gasteiger partial charge < -0.3 is 0 Å². The van der Waals surface area contributed by atoms with E-state index in [2.05, 4.69) is 30.3 Å². The summed E-state index contributed by atoms with van der Waals surface area (Å²) < 4.78 is 0. The van der Waals surface area contributed by atoms with E-state index in [1.165, 1.54) is 4.90 Å². The summed E-state index contributed by atoms with van der Waals surface area (Å²) in [4.78, 5) is 33.9. The minimum Gasteiger partial charge on any atom is -0.274 e. The molecule has 162 valence electrons. The minimum absolute atomic E-state index is 0.120. The Morgan fingerprint density at radius 3 is 2.12 bits per heavy atom. The van der Waals surface area contributed by atoms with E-state index >= 15 is 0 Å². The molecule has 1 aliphatic carbocycles. The van der Waals surface area contributed by atoms with E-state index in [1.807, 2.05) is 67.6 Å². The van der Waals surface area contributed by atoms with E-state index in [0.717, 1.165) is 27.4 Å². The molecule has 33 heavy (non-hydrogen) atoms. The minimum atomic E-state index is -0.445. The Bertz CT molecular complexity index is 1300. The van der Waals surface area contributed by atoms with E-state index < -0.39 is 11.8 Å². The van der Waals surface area contributed by atoms with Crippen molar-refractivity contribution in [3.8, 4) is 0 Å². The predicted octanol–water partition coefficient (Wildman–Crippen LogP) is 5.34. The molecule has 3 aromatic rings. The van der Waals surface area contributed by atoms with Gasteiger partial charge in [0.25, 0.3) is 0 Å². The molecule has 0 radical (unpaired) electrons. The van der Waals surface area contributed by atoms with Crippen LogP contribution in [0.4, 0.5) is 5.69 Å². The number of hydrogen-bond donors (Lipinski definition) is 0. The molecule has 4 atom stereocenters. The lowest BCUT2D eigenvalue weighted by Gasteiger charge is -2.32. The number of rotatable bonds is 3. The molecule has 2 amide bonds. The number of nitrogens with zero attached hydrogens (tertiary/aromatic N) is 2. The highest BCUT2D eigenvalue weighted by Crippen LogP contribution is 2.53. The van der Waals surface area contributed by atoms with Gasteiger partial charge in [-0.1, -0.05) is 96.2 Å². The van der Waals surface area contributed by atoms with Crippen molar-refractivity contribution in [2.45, 2.75) is 18.1 Å². The van der Waals surface area contributed by atoms with Crippen LogP contribution in [-0.4, -0.2) is 22.1 Å². The number of allylic oxidation sites excluding steroid dienone is 1. The van der Waals surface area contributed by atoms with Gasteiger partial charge in [-0.3, -0.25) is 9.59 Å². The van der Waals surface area contributed by atoms with Gasteiger partial charge in [-0.05, 0) is 24.6 Å². The number of aliphatic imine (C=N–C) groups is 1. The van der Waals surface area contributed by atoms with Crippen molar-refractivity contribution in [2.75, 3.05) is 4.90 Å². The Labute approximate surface area is 197 Å². The van der Waals surface area contributed by atoms with Crippen molar-refractivity contribution in [3.63, 3.8) is 0 Å². The van der Waals surface area contributed by atoms with Crippen LogP contribution < -0.4 is 4.90 Å². The molecule has 6 rings (SSSR count). The third kappa shape index (κ3) is 3.26. The maximum atomic E-state index is 13.8. The fraction of sp³-hybridized carbons (Fsp3) is 0.179. The summed E-state index contributed by atoms with van der Waals surface area (Å²) in [5, 5.41) is 0.755. The summed E-state index contributed by atoms with van der Waals surface area (Å²) in [5.74, 6) is -1.32. The second-order valence-electron chi connectivity index (χ2n) is 8.75. The van der Waals surface area contributed by atoms with Crippen LogP contribution in [0.2, 0.25) is 0 Å². The van der Waals surface area contributed by atoms with Crippen LogP contribution in [0.1, 0.15) is 22.6 Å². The molecule has 0 aromatic heterocycles. The number of thioether (sulfide) groups is 1. The number of carbonyl (C=O) groups is 2. The lowest BCUT2D eigenvalue weighted by atomic mass is 9.73. The SMILES string of the molecule is Cc1ccc([C@H]2C=C3N=C(c4ccccc4)S[C@H]3[C@H]3C(=O)N(c4ccccc4)C(=O)[C@H]32)cc1. The van der Waals surface area contributed by atoms with Gasteiger partial charge in [0.1, 0.15) is 5.04 Å². The monoisotopic (exact) mass is 450 g/mol. The first-order valence-electron chi connectivity index (χ1n) is 11.1. The van der Waals surface area contributed by atoms with Crippen LogP contribution in [-0.2, 0) is 9.59 Å².